The molecule has 0 amide bonds. The second-order valence-corrected chi connectivity index (χ2v) is 2.68. The van der Waals surface area contributed by atoms with E-state index in [2.05, 4.69) is 10.2 Å². The lowest BCUT2D eigenvalue weighted by Crippen LogP contribution is -2.01. The van der Waals surface area contributed by atoms with Gasteiger partial charge >= 0.3 is 0 Å². The molecule has 1 rings (SSSR count). The van der Waals surface area contributed by atoms with Gasteiger partial charge in [0.1, 0.15) is 6.33 Å². The van der Waals surface area contributed by atoms with Crippen LogP contribution in [-0.4, -0.2) is 28.0 Å². The van der Waals surface area contributed by atoms with Gasteiger partial charge in [0.25, 0.3) is 0 Å². The summed E-state index contributed by atoms with van der Waals surface area (Å²) in [6, 6.07) is 0. The maximum absolute atomic E-state index is 5.70. The van der Waals surface area contributed by atoms with E-state index in [1.807, 2.05) is 6.92 Å². The highest BCUT2D eigenvalue weighted by Crippen LogP contribution is 2.02. The third-order valence-corrected chi connectivity index (χ3v) is 1.75. The topological polar surface area (TPSA) is 39.9 Å². The fraction of sp³-hybridized carbons (Fsp3) is 0.714. The van der Waals surface area contributed by atoms with Gasteiger partial charge in [0, 0.05) is 19.8 Å². The highest BCUT2D eigenvalue weighted by atomic mass is 35.5. The molecule has 0 saturated heterocycles. The van der Waals surface area contributed by atoms with Crippen LogP contribution in [0.2, 0.25) is 5.28 Å². The van der Waals surface area contributed by atoms with Crippen molar-refractivity contribution in [2.45, 2.75) is 19.9 Å². The highest BCUT2D eigenvalue weighted by molar-refractivity contribution is 6.28. The molecule has 0 spiro atoms. The Morgan fingerprint density at radius 3 is 3.08 bits per heavy atom. The third-order valence-electron chi connectivity index (χ3n) is 1.46. The first-order valence-corrected chi connectivity index (χ1v) is 4.33. The Morgan fingerprint density at radius 2 is 2.50 bits per heavy atom. The molecule has 0 aromatic carbocycles. The van der Waals surface area contributed by atoms with E-state index in [0.29, 0.717) is 5.28 Å². The number of halogens is 1. The second-order valence-electron chi connectivity index (χ2n) is 2.34. The molecule has 1 aromatic rings. The summed E-state index contributed by atoms with van der Waals surface area (Å²) >= 11 is 5.70. The van der Waals surface area contributed by atoms with Crippen LogP contribution in [0, 0.1) is 0 Å². The van der Waals surface area contributed by atoms with Crippen LogP contribution in [0.15, 0.2) is 6.33 Å². The average molecular weight is 190 g/mol. The molecule has 0 aliphatic carbocycles. The van der Waals surface area contributed by atoms with Gasteiger partial charge in [-0.25, -0.2) is 0 Å². The van der Waals surface area contributed by atoms with Gasteiger partial charge in [0.05, 0.1) is 0 Å². The first kappa shape index (κ1) is 9.48. The van der Waals surface area contributed by atoms with Crippen molar-refractivity contribution in [3.63, 3.8) is 0 Å². The van der Waals surface area contributed by atoms with Crippen molar-refractivity contribution < 1.29 is 4.74 Å². The molecule has 1 heterocycles. The van der Waals surface area contributed by atoms with Gasteiger partial charge in [-0.15, -0.1) is 10.2 Å². The minimum Gasteiger partial charge on any atom is -0.382 e. The third kappa shape index (κ3) is 2.79. The molecule has 0 fully saturated rings. The Morgan fingerprint density at radius 1 is 1.67 bits per heavy atom. The van der Waals surface area contributed by atoms with Crippen molar-refractivity contribution in [1.82, 2.24) is 14.8 Å². The van der Waals surface area contributed by atoms with Gasteiger partial charge in [0.2, 0.25) is 5.28 Å². The number of aromatic nitrogens is 3. The van der Waals surface area contributed by atoms with Crippen molar-refractivity contribution in [2.75, 3.05) is 13.2 Å². The van der Waals surface area contributed by atoms with E-state index in [1.165, 1.54) is 0 Å². The van der Waals surface area contributed by atoms with Crippen molar-refractivity contribution in [2.24, 2.45) is 0 Å². The van der Waals surface area contributed by atoms with Crippen LogP contribution in [0.25, 0.3) is 0 Å². The molecule has 4 nitrogen and oxygen atoms in total. The maximum Gasteiger partial charge on any atom is 0.224 e. The molecule has 68 valence electrons. The van der Waals surface area contributed by atoms with E-state index in [0.717, 1.165) is 26.2 Å². The zero-order valence-electron chi connectivity index (χ0n) is 7.03. The summed E-state index contributed by atoms with van der Waals surface area (Å²) < 4.78 is 6.97. The first-order valence-electron chi connectivity index (χ1n) is 3.95. The number of hydrogen-bond donors (Lipinski definition) is 0. The van der Waals surface area contributed by atoms with Crippen LogP contribution < -0.4 is 0 Å². The molecule has 0 bridgehead atoms. The molecular formula is C7H12ClN3O. The van der Waals surface area contributed by atoms with E-state index >= 15 is 0 Å². The van der Waals surface area contributed by atoms with E-state index in [9.17, 15) is 0 Å². The first-order chi connectivity index (χ1) is 5.84. The van der Waals surface area contributed by atoms with Crippen molar-refractivity contribution >= 4 is 11.6 Å². The molecule has 0 atom stereocenters. The lowest BCUT2D eigenvalue weighted by atomic mass is 10.4. The molecule has 0 radical (unpaired) electrons. The summed E-state index contributed by atoms with van der Waals surface area (Å²) in [6.45, 7) is 4.30. The van der Waals surface area contributed by atoms with Gasteiger partial charge in [-0.1, -0.05) is 0 Å². The van der Waals surface area contributed by atoms with Gasteiger partial charge in [-0.2, -0.15) is 0 Å². The molecule has 1 aromatic heterocycles. The molecule has 5 heteroatoms. The van der Waals surface area contributed by atoms with Gasteiger partial charge in [0.15, 0.2) is 0 Å². The van der Waals surface area contributed by atoms with Crippen molar-refractivity contribution in [1.29, 1.82) is 0 Å². The van der Waals surface area contributed by atoms with Gasteiger partial charge in [-0.05, 0) is 24.9 Å². The lowest BCUT2D eigenvalue weighted by molar-refractivity contribution is 0.141. The Kier molecular flexibility index (Phi) is 4.04. The quantitative estimate of drug-likeness (QED) is 0.657. The maximum atomic E-state index is 5.70. The number of nitrogens with zero attached hydrogens (tertiary/aromatic N) is 3. The van der Waals surface area contributed by atoms with Crippen LogP contribution >= 0.6 is 11.6 Å². The predicted molar refractivity (Wildman–Crippen MR) is 46.1 cm³/mol. The SMILES string of the molecule is CCOCCCn1cnnc1Cl. The molecule has 0 N–H and O–H groups in total. The van der Waals surface area contributed by atoms with Crippen LogP contribution in [0.5, 0.6) is 0 Å². The molecule has 0 aliphatic rings. The number of aryl methyl sites for hydroxylation is 1. The number of hydrogen-bond acceptors (Lipinski definition) is 3. The molecule has 0 saturated carbocycles. The van der Waals surface area contributed by atoms with E-state index in [-0.39, 0.29) is 0 Å². The van der Waals surface area contributed by atoms with Crippen LogP contribution in [0.4, 0.5) is 0 Å². The summed E-state index contributed by atoms with van der Waals surface area (Å²) in [5, 5.41) is 7.75. The monoisotopic (exact) mass is 189 g/mol. The van der Waals surface area contributed by atoms with Crippen molar-refractivity contribution in [3.05, 3.63) is 11.6 Å². The summed E-state index contributed by atoms with van der Waals surface area (Å²) in [7, 11) is 0. The molecular weight excluding hydrogens is 178 g/mol. The van der Waals surface area contributed by atoms with E-state index < -0.39 is 0 Å². The smallest absolute Gasteiger partial charge is 0.224 e. The zero-order chi connectivity index (χ0) is 8.81. The van der Waals surface area contributed by atoms with E-state index in [1.54, 1.807) is 10.9 Å². The van der Waals surface area contributed by atoms with Crippen molar-refractivity contribution in [3.8, 4) is 0 Å². The van der Waals surface area contributed by atoms with Gasteiger partial charge < -0.3 is 9.30 Å². The summed E-state index contributed by atoms with van der Waals surface area (Å²) in [4.78, 5) is 0. The normalized spacial score (nSPS) is 10.5. The second kappa shape index (κ2) is 5.11. The standard InChI is InChI=1S/C7H12ClN3O/c1-2-12-5-3-4-11-6-9-10-7(11)8/h6H,2-5H2,1H3. The van der Waals surface area contributed by atoms with Crippen LogP contribution in [0.1, 0.15) is 13.3 Å². The zero-order valence-corrected chi connectivity index (χ0v) is 7.79. The Bertz CT molecular complexity index is 226. The van der Waals surface area contributed by atoms with Crippen LogP contribution in [-0.2, 0) is 11.3 Å². The number of ether oxygens (including phenoxy) is 1. The number of rotatable bonds is 5. The average Bonchev–Trinajstić information content (AvgIpc) is 2.46. The summed E-state index contributed by atoms with van der Waals surface area (Å²) in [5.74, 6) is 0. The Hall–Kier alpha value is -0.610. The summed E-state index contributed by atoms with van der Waals surface area (Å²) in [6.07, 6.45) is 2.56. The minimum absolute atomic E-state index is 0.437. The largest absolute Gasteiger partial charge is 0.382 e. The Labute approximate surface area is 76.5 Å². The fourth-order valence-electron chi connectivity index (χ4n) is 0.872. The highest BCUT2D eigenvalue weighted by Gasteiger charge is 1.98. The predicted octanol–water partition coefficient (Wildman–Crippen LogP) is 1.36. The minimum atomic E-state index is 0.437. The Balaban J connectivity index is 2.20. The fourth-order valence-corrected chi connectivity index (χ4v) is 1.04. The summed E-state index contributed by atoms with van der Waals surface area (Å²) in [5.41, 5.74) is 0. The molecule has 0 unspecified atom stereocenters. The van der Waals surface area contributed by atoms with Gasteiger partial charge in [-0.3, -0.25) is 0 Å². The van der Waals surface area contributed by atoms with Crippen LogP contribution in [0.3, 0.4) is 0 Å². The van der Waals surface area contributed by atoms with E-state index in [4.69, 9.17) is 16.3 Å². The molecule has 0 aliphatic heterocycles. The molecule has 12 heavy (non-hydrogen) atoms. The lowest BCUT2D eigenvalue weighted by Gasteiger charge is -2.02.